The summed E-state index contributed by atoms with van der Waals surface area (Å²) in [6.07, 6.45) is 0. The van der Waals surface area contributed by atoms with E-state index in [0.29, 0.717) is 56.3 Å². The van der Waals surface area contributed by atoms with Gasteiger partial charge in [-0.1, -0.05) is 12.1 Å². The zero-order valence-corrected chi connectivity index (χ0v) is 19.9. The Labute approximate surface area is 208 Å². The van der Waals surface area contributed by atoms with Gasteiger partial charge < -0.3 is 30.9 Å². The fourth-order valence-corrected chi connectivity index (χ4v) is 4.05. The average molecular weight is 501 g/mol. The van der Waals surface area contributed by atoms with Crippen LogP contribution in [0.1, 0.15) is 5.56 Å². The third kappa shape index (κ3) is 6.17. The Morgan fingerprint density at radius 1 is 0.944 bits per heavy atom. The van der Waals surface area contributed by atoms with Gasteiger partial charge in [0.2, 0.25) is 0 Å². The molecular formula is C25H30F2N6O3. The molecule has 4 rings (SSSR count). The van der Waals surface area contributed by atoms with Crippen LogP contribution < -0.4 is 21.1 Å². The monoisotopic (exact) mass is 500 g/mol. The Kier molecular flexibility index (Phi) is 8.47. The number of hydrogen-bond donors (Lipinski definition) is 3. The summed E-state index contributed by atoms with van der Waals surface area (Å²) in [6, 6.07) is 11.1. The van der Waals surface area contributed by atoms with E-state index in [2.05, 4.69) is 15.1 Å². The van der Waals surface area contributed by atoms with Crippen LogP contribution in [0.5, 0.6) is 11.5 Å². The van der Waals surface area contributed by atoms with Crippen molar-refractivity contribution in [3.63, 3.8) is 0 Å². The maximum Gasteiger partial charge on any atom is 0.169 e. The summed E-state index contributed by atoms with van der Waals surface area (Å²) in [5.41, 5.74) is 13.2. The summed E-state index contributed by atoms with van der Waals surface area (Å²) in [5.74, 6) is -0.789. The van der Waals surface area contributed by atoms with Crippen LogP contribution in [0.4, 0.5) is 20.3 Å². The van der Waals surface area contributed by atoms with E-state index in [0.717, 1.165) is 0 Å². The number of rotatable bonds is 10. The second kappa shape index (κ2) is 11.9. The van der Waals surface area contributed by atoms with Gasteiger partial charge in [-0.15, -0.1) is 10.2 Å². The van der Waals surface area contributed by atoms with Crippen LogP contribution in [0.25, 0.3) is 11.3 Å². The summed E-state index contributed by atoms with van der Waals surface area (Å²) >= 11 is 0. The third-order valence-electron chi connectivity index (χ3n) is 5.95. The number of aromatic nitrogens is 2. The molecule has 2 aromatic carbocycles. The van der Waals surface area contributed by atoms with Crippen LogP contribution in [0.15, 0.2) is 42.5 Å². The van der Waals surface area contributed by atoms with Gasteiger partial charge in [0.1, 0.15) is 29.7 Å². The van der Waals surface area contributed by atoms with Crippen molar-refractivity contribution in [3.8, 4) is 22.8 Å². The molecule has 1 aliphatic heterocycles. The van der Waals surface area contributed by atoms with Crippen molar-refractivity contribution in [2.45, 2.75) is 6.54 Å². The number of aromatic hydroxyl groups is 1. The molecule has 36 heavy (non-hydrogen) atoms. The van der Waals surface area contributed by atoms with E-state index in [9.17, 15) is 13.9 Å². The number of anilines is 2. The molecule has 11 heteroatoms. The second-order valence-corrected chi connectivity index (χ2v) is 8.40. The lowest BCUT2D eigenvalue weighted by atomic mass is 10.1. The maximum atomic E-state index is 14.7. The van der Waals surface area contributed by atoms with Gasteiger partial charge in [0.25, 0.3) is 0 Å². The Hall–Kier alpha value is -3.54. The molecule has 9 nitrogen and oxygen atoms in total. The zero-order chi connectivity index (χ0) is 25.5. The van der Waals surface area contributed by atoms with Crippen molar-refractivity contribution in [2.24, 2.45) is 5.73 Å². The van der Waals surface area contributed by atoms with Crippen molar-refractivity contribution in [3.05, 3.63) is 59.7 Å². The lowest BCUT2D eigenvalue weighted by Gasteiger charge is -2.36. The van der Waals surface area contributed by atoms with Crippen molar-refractivity contribution in [1.82, 2.24) is 15.1 Å². The summed E-state index contributed by atoms with van der Waals surface area (Å²) in [4.78, 5) is 4.04. The highest BCUT2D eigenvalue weighted by molar-refractivity contribution is 5.74. The van der Waals surface area contributed by atoms with E-state index in [4.69, 9.17) is 20.9 Å². The molecule has 0 radical (unpaired) electrons. The maximum absolute atomic E-state index is 14.7. The Morgan fingerprint density at radius 3 is 2.36 bits per heavy atom. The van der Waals surface area contributed by atoms with Crippen molar-refractivity contribution < 1.29 is 23.4 Å². The number of benzene rings is 2. The molecule has 192 valence electrons. The number of piperazine rings is 1. The Balaban J connectivity index is 1.36. The topological polar surface area (TPSA) is 123 Å². The molecule has 2 heterocycles. The van der Waals surface area contributed by atoms with E-state index in [1.165, 1.54) is 12.1 Å². The Bertz CT molecular complexity index is 1150. The molecule has 0 bridgehead atoms. The first-order valence-electron chi connectivity index (χ1n) is 11.7. The summed E-state index contributed by atoms with van der Waals surface area (Å²) in [6.45, 7) is 3.73. The fourth-order valence-electron chi connectivity index (χ4n) is 4.05. The van der Waals surface area contributed by atoms with E-state index >= 15 is 0 Å². The lowest BCUT2D eigenvalue weighted by molar-refractivity contribution is 0.105. The van der Waals surface area contributed by atoms with Gasteiger partial charge in [0, 0.05) is 62.5 Å². The molecule has 0 unspecified atom stereocenters. The normalized spacial score (nSPS) is 14.2. The first-order valence-corrected chi connectivity index (χ1v) is 11.7. The molecule has 0 amide bonds. The minimum absolute atomic E-state index is 0.00196. The smallest absolute Gasteiger partial charge is 0.169 e. The van der Waals surface area contributed by atoms with Gasteiger partial charge in [-0.25, -0.2) is 8.78 Å². The zero-order valence-electron chi connectivity index (χ0n) is 19.9. The predicted molar refractivity (Wildman–Crippen MR) is 133 cm³/mol. The van der Waals surface area contributed by atoms with E-state index in [1.807, 2.05) is 4.90 Å². The molecule has 0 saturated carbocycles. The van der Waals surface area contributed by atoms with Crippen molar-refractivity contribution in [2.75, 3.05) is 63.2 Å². The minimum Gasteiger partial charge on any atom is -0.507 e. The standard InChI is InChI=1S/C25H30F2N6O3/c26-20-13-17(36-12-11-35-10-5-28)14-21(27)19(20)16-32-6-8-33(9-7-32)23-15-22(30-31-25(23)29)18-3-1-2-4-24(18)34/h1-4,13-15,34H,5-12,16,28H2,(H2,29,31). The predicted octanol–water partition coefficient (Wildman–Crippen LogP) is 2.39. The summed E-state index contributed by atoms with van der Waals surface area (Å²) in [5, 5.41) is 18.3. The number of hydrogen-bond acceptors (Lipinski definition) is 9. The Morgan fingerprint density at radius 2 is 1.67 bits per heavy atom. The molecule has 0 spiro atoms. The van der Waals surface area contributed by atoms with Crippen LogP contribution in [0.2, 0.25) is 0 Å². The average Bonchev–Trinajstić information content (AvgIpc) is 2.87. The number of para-hydroxylation sites is 1. The second-order valence-electron chi connectivity index (χ2n) is 8.40. The highest BCUT2D eigenvalue weighted by Crippen LogP contribution is 2.32. The summed E-state index contributed by atoms with van der Waals surface area (Å²) < 4.78 is 39.9. The van der Waals surface area contributed by atoms with Gasteiger partial charge >= 0.3 is 0 Å². The van der Waals surface area contributed by atoms with Gasteiger partial charge in [0.15, 0.2) is 5.82 Å². The van der Waals surface area contributed by atoms with Gasteiger partial charge in [-0.2, -0.15) is 0 Å². The third-order valence-corrected chi connectivity index (χ3v) is 5.95. The number of nitrogens with zero attached hydrogens (tertiary/aromatic N) is 4. The van der Waals surface area contributed by atoms with Crippen molar-refractivity contribution in [1.29, 1.82) is 0 Å². The van der Waals surface area contributed by atoms with Crippen LogP contribution in [-0.2, 0) is 11.3 Å². The minimum atomic E-state index is -0.648. The fraction of sp³-hybridized carbons (Fsp3) is 0.360. The molecule has 1 aromatic heterocycles. The largest absolute Gasteiger partial charge is 0.507 e. The molecular weight excluding hydrogens is 470 g/mol. The van der Waals surface area contributed by atoms with E-state index < -0.39 is 11.6 Å². The van der Waals surface area contributed by atoms with Crippen LogP contribution in [0.3, 0.4) is 0 Å². The van der Waals surface area contributed by atoms with Gasteiger partial charge in [0.05, 0.1) is 24.6 Å². The van der Waals surface area contributed by atoms with Crippen LogP contribution >= 0.6 is 0 Å². The number of halogens is 2. The quantitative estimate of drug-likeness (QED) is 0.360. The molecule has 1 fully saturated rings. The number of nitrogens with two attached hydrogens (primary N) is 2. The number of ether oxygens (including phenoxy) is 2. The van der Waals surface area contributed by atoms with Crippen LogP contribution in [0, 0.1) is 11.6 Å². The van der Waals surface area contributed by atoms with Crippen molar-refractivity contribution >= 4 is 11.5 Å². The highest BCUT2D eigenvalue weighted by Gasteiger charge is 2.23. The van der Waals surface area contributed by atoms with Gasteiger partial charge in [-0.3, -0.25) is 4.90 Å². The number of phenols is 1. The molecule has 5 N–H and O–H groups in total. The molecule has 1 saturated heterocycles. The van der Waals surface area contributed by atoms with Gasteiger partial charge in [-0.05, 0) is 18.2 Å². The first kappa shape index (κ1) is 25.5. The molecule has 3 aromatic rings. The SMILES string of the molecule is NCCOCCOc1cc(F)c(CN2CCN(c3cc(-c4ccccc4O)nnc3N)CC2)c(F)c1. The number of nitrogen functional groups attached to an aromatic ring is 1. The first-order chi connectivity index (χ1) is 17.5. The number of phenolic OH excluding ortho intramolecular Hbond substituents is 1. The van der Waals surface area contributed by atoms with Crippen LogP contribution in [-0.4, -0.2) is 72.7 Å². The molecule has 0 aliphatic carbocycles. The molecule has 1 aliphatic rings. The molecule has 0 atom stereocenters. The highest BCUT2D eigenvalue weighted by atomic mass is 19.1. The van der Waals surface area contributed by atoms with E-state index in [-0.39, 0.29) is 42.6 Å². The lowest BCUT2D eigenvalue weighted by Crippen LogP contribution is -2.46. The van der Waals surface area contributed by atoms with E-state index in [1.54, 1.807) is 30.3 Å². The summed E-state index contributed by atoms with van der Waals surface area (Å²) in [7, 11) is 0.